The molecule has 1 heterocycles. The van der Waals surface area contributed by atoms with Crippen LogP contribution in [-0.4, -0.2) is 9.55 Å². The monoisotopic (exact) mass is 293 g/mol. The highest BCUT2D eigenvalue weighted by molar-refractivity contribution is 5.39. The minimum absolute atomic E-state index is 0.0579. The van der Waals surface area contributed by atoms with E-state index in [1.165, 1.54) is 44.9 Å². The van der Waals surface area contributed by atoms with Gasteiger partial charge in [0.15, 0.2) is 0 Å². The Morgan fingerprint density at radius 2 is 1.57 bits per heavy atom. The third-order valence-corrected chi connectivity index (χ3v) is 4.01. The van der Waals surface area contributed by atoms with E-state index in [-0.39, 0.29) is 5.41 Å². The molecule has 0 saturated carbocycles. The fraction of sp³-hybridized carbons (Fsp3) is 0.833. The van der Waals surface area contributed by atoms with E-state index < -0.39 is 0 Å². The summed E-state index contributed by atoms with van der Waals surface area (Å²) in [7, 11) is 0. The third-order valence-electron chi connectivity index (χ3n) is 4.01. The Kier molecular flexibility index (Phi) is 7.27. The lowest BCUT2D eigenvalue weighted by Crippen LogP contribution is -2.20. The van der Waals surface area contributed by atoms with Gasteiger partial charge in [-0.1, -0.05) is 66.7 Å². The number of hydrogen-bond acceptors (Lipinski definition) is 2. The second-order valence-electron chi connectivity index (χ2n) is 7.19. The van der Waals surface area contributed by atoms with Crippen LogP contribution in [0.15, 0.2) is 0 Å². The second kappa shape index (κ2) is 8.45. The summed E-state index contributed by atoms with van der Waals surface area (Å²) in [6, 6.07) is 0. The molecule has 2 N–H and O–H groups in total. The average molecular weight is 293 g/mol. The molecule has 3 heteroatoms. The van der Waals surface area contributed by atoms with Gasteiger partial charge < -0.3 is 10.3 Å². The van der Waals surface area contributed by atoms with Crippen LogP contribution in [0, 0.1) is 0 Å². The van der Waals surface area contributed by atoms with Crippen LogP contribution in [-0.2, 0) is 18.4 Å². The number of aryl methyl sites for hydroxylation is 1. The van der Waals surface area contributed by atoms with E-state index in [0.29, 0.717) is 0 Å². The van der Waals surface area contributed by atoms with Crippen molar-refractivity contribution in [1.29, 1.82) is 0 Å². The first kappa shape index (κ1) is 18.1. The highest BCUT2D eigenvalue weighted by Gasteiger charge is 2.24. The fourth-order valence-electron chi connectivity index (χ4n) is 2.71. The average Bonchev–Trinajstić information content (AvgIpc) is 2.73. The fourth-order valence-corrected chi connectivity index (χ4v) is 2.71. The minimum Gasteiger partial charge on any atom is -0.384 e. The van der Waals surface area contributed by atoms with Crippen LogP contribution in [0.2, 0.25) is 0 Å². The predicted octanol–water partition coefficient (Wildman–Crippen LogP) is 5.08. The Balaban J connectivity index is 2.78. The summed E-state index contributed by atoms with van der Waals surface area (Å²) < 4.78 is 2.25. The van der Waals surface area contributed by atoms with Crippen LogP contribution in [0.25, 0.3) is 0 Å². The molecule has 1 aromatic heterocycles. The van der Waals surface area contributed by atoms with E-state index in [0.717, 1.165) is 30.3 Å². The van der Waals surface area contributed by atoms with Gasteiger partial charge in [-0.25, -0.2) is 4.98 Å². The van der Waals surface area contributed by atoms with Gasteiger partial charge >= 0.3 is 0 Å². The van der Waals surface area contributed by atoms with Gasteiger partial charge in [0.2, 0.25) is 0 Å². The van der Waals surface area contributed by atoms with E-state index in [2.05, 4.69) is 39.2 Å². The highest BCUT2D eigenvalue weighted by Crippen LogP contribution is 2.27. The number of rotatable bonds is 9. The topological polar surface area (TPSA) is 43.8 Å². The summed E-state index contributed by atoms with van der Waals surface area (Å²) >= 11 is 0. The Labute approximate surface area is 131 Å². The molecule has 1 aromatic rings. The maximum absolute atomic E-state index is 6.38. The van der Waals surface area contributed by atoms with Crippen molar-refractivity contribution in [2.75, 3.05) is 5.73 Å². The molecule has 0 amide bonds. The van der Waals surface area contributed by atoms with Crippen LogP contribution in [0.3, 0.4) is 0 Å². The molecule has 3 nitrogen and oxygen atoms in total. The van der Waals surface area contributed by atoms with E-state index in [1.54, 1.807) is 0 Å². The zero-order valence-corrected chi connectivity index (χ0v) is 14.8. The Hall–Kier alpha value is -0.990. The number of imidazole rings is 1. The number of anilines is 1. The lowest BCUT2D eigenvalue weighted by atomic mass is 9.95. The Bertz CT molecular complexity index is 413. The lowest BCUT2D eigenvalue weighted by Gasteiger charge is -2.20. The Morgan fingerprint density at radius 3 is 2.14 bits per heavy atom. The molecule has 122 valence electrons. The van der Waals surface area contributed by atoms with Crippen LogP contribution >= 0.6 is 0 Å². The molecular weight excluding hydrogens is 258 g/mol. The first-order valence-corrected chi connectivity index (χ1v) is 8.77. The number of hydrogen-bond donors (Lipinski definition) is 1. The van der Waals surface area contributed by atoms with Gasteiger partial charge in [0.05, 0.1) is 5.69 Å². The SMILES string of the molecule is CCCCCCCc1nc(C(C)(C)C)n(CCCC)c1N. The van der Waals surface area contributed by atoms with Crippen molar-refractivity contribution in [2.45, 2.75) is 97.9 Å². The zero-order chi connectivity index (χ0) is 15.9. The van der Waals surface area contributed by atoms with Gasteiger partial charge in [-0.05, 0) is 19.3 Å². The lowest BCUT2D eigenvalue weighted by molar-refractivity contribution is 0.490. The molecule has 0 unspecified atom stereocenters. The molecule has 0 fully saturated rings. The predicted molar refractivity (Wildman–Crippen MR) is 92.7 cm³/mol. The number of nitrogens with zero attached hydrogens (tertiary/aromatic N) is 2. The first-order chi connectivity index (χ1) is 9.91. The van der Waals surface area contributed by atoms with Gasteiger partial charge in [-0.2, -0.15) is 0 Å². The van der Waals surface area contributed by atoms with E-state index in [4.69, 9.17) is 10.7 Å². The van der Waals surface area contributed by atoms with Gasteiger partial charge in [0.25, 0.3) is 0 Å². The summed E-state index contributed by atoms with van der Waals surface area (Å²) in [5.41, 5.74) is 7.56. The molecule has 0 aliphatic rings. The van der Waals surface area contributed by atoms with Crippen LogP contribution in [0.1, 0.15) is 91.1 Å². The maximum Gasteiger partial charge on any atom is 0.126 e. The molecule has 21 heavy (non-hydrogen) atoms. The number of nitrogens with two attached hydrogens (primary N) is 1. The van der Waals surface area contributed by atoms with Crippen molar-refractivity contribution in [3.63, 3.8) is 0 Å². The number of aromatic nitrogens is 2. The third kappa shape index (κ3) is 5.37. The maximum atomic E-state index is 6.38. The quantitative estimate of drug-likeness (QED) is 0.645. The molecule has 1 rings (SSSR count). The summed E-state index contributed by atoms with van der Waals surface area (Å²) in [6.45, 7) is 12.1. The van der Waals surface area contributed by atoms with E-state index in [1.807, 2.05) is 0 Å². The highest BCUT2D eigenvalue weighted by atomic mass is 15.1. The van der Waals surface area contributed by atoms with Crippen molar-refractivity contribution in [2.24, 2.45) is 0 Å². The summed E-state index contributed by atoms with van der Waals surface area (Å²) in [5.74, 6) is 2.06. The summed E-state index contributed by atoms with van der Waals surface area (Å²) in [6.07, 6.45) is 9.85. The molecule has 0 spiro atoms. The molecule has 0 radical (unpaired) electrons. The first-order valence-electron chi connectivity index (χ1n) is 8.77. The van der Waals surface area contributed by atoms with E-state index in [9.17, 15) is 0 Å². The molecule has 0 saturated heterocycles. The standard InChI is InChI=1S/C18H35N3/c1-6-8-10-11-12-13-15-16(19)21(14-9-7-2)17(20-15)18(3,4)5/h6-14,19H2,1-5H3. The van der Waals surface area contributed by atoms with Crippen molar-refractivity contribution in [1.82, 2.24) is 9.55 Å². The van der Waals surface area contributed by atoms with Gasteiger partial charge in [-0.3, -0.25) is 0 Å². The van der Waals surface area contributed by atoms with Crippen LogP contribution in [0.4, 0.5) is 5.82 Å². The smallest absolute Gasteiger partial charge is 0.126 e. The largest absolute Gasteiger partial charge is 0.384 e. The number of nitrogen functional groups attached to an aromatic ring is 1. The van der Waals surface area contributed by atoms with Crippen molar-refractivity contribution in [3.05, 3.63) is 11.5 Å². The number of unbranched alkanes of at least 4 members (excludes halogenated alkanes) is 5. The molecular formula is C18H35N3. The molecule has 0 bridgehead atoms. The molecule has 0 aromatic carbocycles. The van der Waals surface area contributed by atoms with Gasteiger partial charge in [0, 0.05) is 12.0 Å². The Morgan fingerprint density at radius 1 is 0.952 bits per heavy atom. The van der Waals surface area contributed by atoms with Crippen molar-refractivity contribution < 1.29 is 0 Å². The van der Waals surface area contributed by atoms with Gasteiger partial charge in [0.1, 0.15) is 11.6 Å². The molecule has 0 aliphatic heterocycles. The molecule has 0 aliphatic carbocycles. The zero-order valence-electron chi connectivity index (χ0n) is 14.8. The summed E-state index contributed by atoms with van der Waals surface area (Å²) in [4.78, 5) is 4.89. The van der Waals surface area contributed by atoms with E-state index >= 15 is 0 Å². The normalized spacial score (nSPS) is 12.0. The molecule has 0 atom stereocenters. The minimum atomic E-state index is 0.0579. The van der Waals surface area contributed by atoms with Crippen LogP contribution < -0.4 is 5.73 Å². The van der Waals surface area contributed by atoms with Crippen molar-refractivity contribution >= 4 is 5.82 Å². The van der Waals surface area contributed by atoms with Gasteiger partial charge in [-0.15, -0.1) is 0 Å². The van der Waals surface area contributed by atoms with Crippen LogP contribution in [0.5, 0.6) is 0 Å². The summed E-state index contributed by atoms with van der Waals surface area (Å²) in [5, 5.41) is 0. The van der Waals surface area contributed by atoms with Crippen molar-refractivity contribution in [3.8, 4) is 0 Å². The second-order valence-corrected chi connectivity index (χ2v) is 7.19.